The SMILES string of the molecule is CC(C)C1CC(C(C)C)c2ccccc21.CC(C)C1CCC(C(C)C)c2ccccc21.CC(C)c1cccc2c1CCC2C(C)C. The van der Waals surface area contributed by atoms with Gasteiger partial charge in [0.05, 0.1) is 0 Å². The molecule has 0 heteroatoms. The van der Waals surface area contributed by atoms with E-state index in [-0.39, 0.29) is 0 Å². The summed E-state index contributed by atoms with van der Waals surface area (Å²) in [5.41, 5.74) is 11.4. The molecular formula is C46H68. The van der Waals surface area contributed by atoms with Crippen molar-refractivity contribution in [2.24, 2.45) is 29.6 Å². The minimum absolute atomic E-state index is 0.672. The molecule has 252 valence electrons. The van der Waals surface area contributed by atoms with Crippen molar-refractivity contribution >= 4 is 0 Å². The second kappa shape index (κ2) is 16.2. The molecule has 0 spiro atoms. The maximum Gasteiger partial charge on any atom is -0.0130 e. The van der Waals surface area contributed by atoms with E-state index >= 15 is 0 Å². The molecule has 0 N–H and O–H groups in total. The van der Waals surface area contributed by atoms with Gasteiger partial charge < -0.3 is 0 Å². The van der Waals surface area contributed by atoms with Crippen molar-refractivity contribution in [1.82, 2.24) is 0 Å². The summed E-state index contributed by atoms with van der Waals surface area (Å²) in [6.07, 6.45) is 6.76. The third-order valence-corrected chi connectivity index (χ3v) is 11.9. The van der Waals surface area contributed by atoms with Crippen molar-refractivity contribution < 1.29 is 0 Å². The summed E-state index contributed by atoms with van der Waals surface area (Å²) in [5.74, 6) is 8.49. The highest BCUT2D eigenvalue weighted by Crippen LogP contribution is 2.48. The van der Waals surface area contributed by atoms with E-state index in [0.29, 0.717) is 5.92 Å². The van der Waals surface area contributed by atoms with E-state index < -0.39 is 0 Å². The molecule has 46 heavy (non-hydrogen) atoms. The van der Waals surface area contributed by atoms with Gasteiger partial charge in [-0.15, -0.1) is 0 Å². The third kappa shape index (κ3) is 8.20. The van der Waals surface area contributed by atoms with E-state index in [9.17, 15) is 0 Å². The lowest BCUT2D eigenvalue weighted by atomic mass is 9.69. The van der Waals surface area contributed by atoms with Crippen LogP contribution in [0.3, 0.4) is 0 Å². The van der Waals surface area contributed by atoms with Gasteiger partial charge in [-0.25, -0.2) is 0 Å². The maximum atomic E-state index is 2.36. The lowest BCUT2D eigenvalue weighted by Gasteiger charge is -2.35. The Balaban J connectivity index is 0.000000157. The largest absolute Gasteiger partial charge is 0.0622 e. The van der Waals surface area contributed by atoms with Gasteiger partial charge in [-0.3, -0.25) is 0 Å². The number of hydrogen-bond donors (Lipinski definition) is 0. The molecule has 0 saturated carbocycles. The Morgan fingerprint density at radius 3 is 1.11 bits per heavy atom. The zero-order valence-corrected chi connectivity index (χ0v) is 31.7. The van der Waals surface area contributed by atoms with Crippen molar-refractivity contribution in [3.8, 4) is 0 Å². The van der Waals surface area contributed by atoms with Crippen molar-refractivity contribution in [2.75, 3.05) is 0 Å². The van der Waals surface area contributed by atoms with Crippen LogP contribution in [0.4, 0.5) is 0 Å². The first-order valence-corrected chi connectivity index (χ1v) is 19.1. The molecule has 6 rings (SSSR count). The Kier molecular flexibility index (Phi) is 12.8. The lowest BCUT2D eigenvalue weighted by Crippen LogP contribution is -2.20. The summed E-state index contributed by atoms with van der Waals surface area (Å²) in [6.45, 7) is 28.1. The summed E-state index contributed by atoms with van der Waals surface area (Å²) in [7, 11) is 0. The van der Waals surface area contributed by atoms with Crippen LogP contribution >= 0.6 is 0 Å². The molecule has 5 unspecified atom stereocenters. The zero-order chi connectivity index (χ0) is 33.7. The monoisotopic (exact) mass is 621 g/mol. The van der Waals surface area contributed by atoms with Crippen molar-refractivity contribution in [2.45, 2.75) is 151 Å². The van der Waals surface area contributed by atoms with Crippen LogP contribution < -0.4 is 0 Å². The molecular weight excluding hydrogens is 553 g/mol. The maximum absolute atomic E-state index is 2.36. The smallest absolute Gasteiger partial charge is 0.0130 e. The molecule has 0 saturated heterocycles. The highest BCUT2D eigenvalue weighted by molar-refractivity contribution is 5.43. The normalized spacial score (nSPS) is 23.3. The van der Waals surface area contributed by atoms with Gasteiger partial charge in [-0.1, -0.05) is 150 Å². The first kappa shape index (κ1) is 36.5. The van der Waals surface area contributed by atoms with E-state index in [1.165, 1.54) is 32.1 Å². The fraction of sp³-hybridized carbons (Fsp3) is 0.609. The van der Waals surface area contributed by atoms with Crippen molar-refractivity contribution in [1.29, 1.82) is 0 Å². The van der Waals surface area contributed by atoms with Gasteiger partial charge in [-0.05, 0) is 136 Å². The molecule has 5 atom stereocenters. The van der Waals surface area contributed by atoms with Gasteiger partial charge in [0.25, 0.3) is 0 Å². The fourth-order valence-electron chi connectivity index (χ4n) is 9.17. The van der Waals surface area contributed by atoms with Crippen LogP contribution in [0.15, 0.2) is 66.7 Å². The molecule has 0 heterocycles. The van der Waals surface area contributed by atoms with Gasteiger partial charge in [-0.2, -0.15) is 0 Å². The third-order valence-electron chi connectivity index (χ3n) is 11.9. The molecule has 0 aromatic heterocycles. The average molecular weight is 621 g/mol. The lowest BCUT2D eigenvalue weighted by molar-refractivity contribution is 0.358. The summed E-state index contributed by atoms with van der Waals surface area (Å²) < 4.78 is 0. The molecule has 0 radical (unpaired) electrons. The highest BCUT2D eigenvalue weighted by atomic mass is 14.4. The topological polar surface area (TPSA) is 0 Å². The second-order valence-electron chi connectivity index (χ2n) is 16.9. The van der Waals surface area contributed by atoms with Crippen molar-refractivity contribution in [3.05, 3.63) is 106 Å². The quantitative estimate of drug-likeness (QED) is 0.257. The second-order valence-corrected chi connectivity index (χ2v) is 16.9. The van der Waals surface area contributed by atoms with E-state index in [1.807, 2.05) is 0 Å². The van der Waals surface area contributed by atoms with Gasteiger partial charge in [0, 0.05) is 0 Å². The number of benzene rings is 3. The van der Waals surface area contributed by atoms with Gasteiger partial charge in [0.1, 0.15) is 0 Å². The minimum Gasteiger partial charge on any atom is -0.0622 e. The molecule has 3 aromatic rings. The van der Waals surface area contributed by atoms with Crippen LogP contribution in [-0.2, 0) is 6.42 Å². The number of rotatable bonds is 6. The first-order chi connectivity index (χ1) is 21.8. The van der Waals surface area contributed by atoms with E-state index in [0.717, 1.165) is 59.2 Å². The molecule has 3 aliphatic rings. The van der Waals surface area contributed by atoms with E-state index in [2.05, 4.69) is 150 Å². The van der Waals surface area contributed by atoms with Crippen LogP contribution in [0.25, 0.3) is 0 Å². The van der Waals surface area contributed by atoms with Crippen LogP contribution in [0, 0.1) is 29.6 Å². The predicted molar refractivity (Wildman–Crippen MR) is 203 cm³/mol. The van der Waals surface area contributed by atoms with Gasteiger partial charge in [0.2, 0.25) is 0 Å². The molecule has 3 aliphatic carbocycles. The summed E-state index contributed by atoms with van der Waals surface area (Å²) in [5, 5.41) is 0. The van der Waals surface area contributed by atoms with Crippen molar-refractivity contribution in [3.63, 3.8) is 0 Å². The molecule has 0 fully saturated rings. The zero-order valence-electron chi connectivity index (χ0n) is 31.7. The minimum atomic E-state index is 0.672. The molecule has 0 aliphatic heterocycles. The fourth-order valence-corrected chi connectivity index (χ4v) is 9.17. The van der Waals surface area contributed by atoms with Crippen LogP contribution in [0.1, 0.15) is 183 Å². The first-order valence-electron chi connectivity index (χ1n) is 19.1. The molecule has 0 amide bonds. The number of fused-ring (bicyclic) bond motifs is 3. The van der Waals surface area contributed by atoms with Crippen LogP contribution in [0.2, 0.25) is 0 Å². The van der Waals surface area contributed by atoms with Crippen LogP contribution in [0.5, 0.6) is 0 Å². The van der Waals surface area contributed by atoms with Gasteiger partial charge in [0.15, 0.2) is 0 Å². The number of hydrogen-bond acceptors (Lipinski definition) is 0. The van der Waals surface area contributed by atoms with E-state index in [1.54, 1.807) is 38.9 Å². The Labute approximate surface area is 285 Å². The van der Waals surface area contributed by atoms with Gasteiger partial charge >= 0.3 is 0 Å². The van der Waals surface area contributed by atoms with Crippen LogP contribution in [-0.4, -0.2) is 0 Å². The Morgan fingerprint density at radius 2 is 0.739 bits per heavy atom. The Morgan fingerprint density at radius 1 is 0.391 bits per heavy atom. The molecule has 3 aromatic carbocycles. The Bertz CT molecular complexity index is 1300. The molecule has 0 nitrogen and oxygen atoms in total. The predicted octanol–water partition coefficient (Wildman–Crippen LogP) is 14.0. The standard InChI is InChI=1S/C16H24.2C15H22/c1-11(2)13-9-10-14(12(3)4)16-8-6-5-7-15(13)16;1-10(2)12-6-5-7-14-13(11(3)4)8-9-15(12)14;1-10(2)14-9-15(11(3)4)13-8-6-5-7-12(13)14/h5-8,11-14H,9-10H2,1-4H3;5-7,10-11,13H,8-9H2,1-4H3;5-8,10-11,14-15H,9H2,1-4H3. The highest BCUT2D eigenvalue weighted by Gasteiger charge is 2.34. The summed E-state index contributed by atoms with van der Waals surface area (Å²) >= 11 is 0. The summed E-state index contributed by atoms with van der Waals surface area (Å²) in [4.78, 5) is 0. The molecule has 0 bridgehead atoms. The Hall–Kier alpha value is -2.34. The average Bonchev–Trinajstić information content (AvgIpc) is 3.63. The van der Waals surface area contributed by atoms with E-state index in [4.69, 9.17) is 0 Å². The summed E-state index contributed by atoms with van der Waals surface area (Å²) in [6, 6.07) is 25.1.